The van der Waals surface area contributed by atoms with Crippen molar-refractivity contribution in [2.45, 2.75) is 42.9 Å². The first-order valence-corrected chi connectivity index (χ1v) is 16.8. The SMILES string of the molecule is CCOc1ccc(S(=O)(=O)N(CC(=O)NCCOc2ccc(S(=O)(=O)N3CCCCC3)cc2)c2ccc(C)cc2)cc1. The van der Waals surface area contributed by atoms with E-state index in [-0.39, 0.29) is 22.9 Å². The molecule has 0 atom stereocenters. The number of hydrogen-bond donors (Lipinski definition) is 1. The number of ether oxygens (including phenoxy) is 2. The van der Waals surface area contributed by atoms with Gasteiger partial charge in [-0.05, 0) is 87.4 Å². The molecule has 0 bridgehead atoms. The van der Waals surface area contributed by atoms with Crippen LogP contribution in [0.25, 0.3) is 0 Å². The van der Waals surface area contributed by atoms with Gasteiger partial charge in [0.2, 0.25) is 15.9 Å². The van der Waals surface area contributed by atoms with E-state index in [9.17, 15) is 21.6 Å². The van der Waals surface area contributed by atoms with E-state index in [0.29, 0.717) is 36.9 Å². The van der Waals surface area contributed by atoms with E-state index < -0.39 is 32.5 Å². The van der Waals surface area contributed by atoms with E-state index >= 15 is 0 Å². The minimum absolute atomic E-state index is 0.0356. The van der Waals surface area contributed by atoms with E-state index in [4.69, 9.17) is 9.47 Å². The highest BCUT2D eigenvalue weighted by Gasteiger charge is 2.28. The first-order valence-electron chi connectivity index (χ1n) is 13.9. The number of amides is 1. The standard InChI is InChI=1S/C30H37N3O7S2/c1-3-39-26-11-17-29(18-12-26)42(37,38)33(25-9-7-24(2)8-10-25)23-30(34)31-19-22-40-27-13-15-28(16-14-27)41(35,36)32-20-5-4-6-21-32/h7-18H,3-6,19-23H2,1-2H3,(H,31,34). The van der Waals surface area contributed by atoms with Crippen LogP contribution < -0.4 is 19.1 Å². The fraction of sp³-hybridized carbons (Fsp3) is 0.367. The van der Waals surface area contributed by atoms with Gasteiger partial charge in [0.25, 0.3) is 10.0 Å². The molecule has 0 unspecified atom stereocenters. The van der Waals surface area contributed by atoms with E-state index in [1.807, 2.05) is 13.8 Å². The number of anilines is 1. The summed E-state index contributed by atoms with van der Waals surface area (Å²) in [5, 5.41) is 2.70. The van der Waals surface area contributed by atoms with Gasteiger partial charge in [0.15, 0.2) is 0 Å². The first-order chi connectivity index (χ1) is 20.1. The highest BCUT2D eigenvalue weighted by molar-refractivity contribution is 7.92. The number of nitrogens with one attached hydrogen (secondary N) is 1. The molecule has 42 heavy (non-hydrogen) atoms. The molecule has 3 aromatic carbocycles. The summed E-state index contributed by atoms with van der Waals surface area (Å²) in [6, 6.07) is 19.2. The Morgan fingerprint density at radius 2 is 1.38 bits per heavy atom. The van der Waals surface area contributed by atoms with Gasteiger partial charge in [-0.1, -0.05) is 24.1 Å². The Labute approximate surface area is 248 Å². The van der Waals surface area contributed by atoms with Crippen LogP contribution in [0.2, 0.25) is 0 Å². The van der Waals surface area contributed by atoms with Crippen molar-refractivity contribution in [2.75, 3.05) is 43.7 Å². The van der Waals surface area contributed by atoms with Crippen LogP contribution in [0.4, 0.5) is 5.69 Å². The molecule has 4 rings (SSSR count). The molecule has 0 saturated carbocycles. The van der Waals surface area contributed by atoms with Crippen LogP contribution in [0.3, 0.4) is 0 Å². The lowest BCUT2D eigenvalue weighted by atomic mass is 10.2. The molecule has 1 N–H and O–H groups in total. The molecular formula is C30H37N3O7S2. The van der Waals surface area contributed by atoms with Crippen LogP contribution in [0, 0.1) is 6.92 Å². The van der Waals surface area contributed by atoms with Gasteiger partial charge in [-0.2, -0.15) is 4.31 Å². The summed E-state index contributed by atoms with van der Waals surface area (Å²) in [6.07, 6.45) is 2.77. The summed E-state index contributed by atoms with van der Waals surface area (Å²) in [5.41, 5.74) is 1.32. The molecule has 0 aliphatic carbocycles. The molecule has 12 heteroatoms. The zero-order valence-electron chi connectivity index (χ0n) is 23.9. The third-order valence-electron chi connectivity index (χ3n) is 6.80. The molecule has 1 heterocycles. The van der Waals surface area contributed by atoms with Crippen LogP contribution in [-0.2, 0) is 24.8 Å². The minimum atomic E-state index is -4.06. The number of carbonyl (C=O) groups is 1. The molecule has 1 amide bonds. The summed E-state index contributed by atoms with van der Waals surface area (Å²) in [7, 11) is -7.59. The van der Waals surface area contributed by atoms with Crippen LogP contribution in [0.15, 0.2) is 82.6 Å². The van der Waals surface area contributed by atoms with Crippen LogP contribution in [0.5, 0.6) is 11.5 Å². The van der Waals surface area contributed by atoms with Crippen LogP contribution >= 0.6 is 0 Å². The number of hydrogen-bond acceptors (Lipinski definition) is 7. The van der Waals surface area contributed by atoms with E-state index in [1.54, 1.807) is 48.5 Å². The number of benzene rings is 3. The average Bonchev–Trinajstić information content (AvgIpc) is 3.00. The van der Waals surface area contributed by atoms with Crippen LogP contribution in [-0.4, -0.2) is 66.4 Å². The predicted molar refractivity (Wildman–Crippen MR) is 161 cm³/mol. The Bertz CT molecular complexity index is 1540. The lowest BCUT2D eigenvalue weighted by Gasteiger charge is -2.25. The fourth-order valence-corrected chi connectivity index (χ4v) is 7.47. The quantitative estimate of drug-likeness (QED) is 0.289. The summed E-state index contributed by atoms with van der Waals surface area (Å²) in [4.78, 5) is 13.1. The molecule has 10 nitrogen and oxygen atoms in total. The van der Waals surface area contributed by atoms with Gasteiger partial charge >= 0.3 is 0 Å². The molecule has 1 fully saturated rings. The number of nitrogens with zero attached hydrogens (tertiary/aromatic N) is 2. The van der Waals surface area contributed by atoms with Gasteiger partial charge in [0.1, 0.15) is 24.7 Å². The Balaban J connectivity index is 1.35. The molecule has 0 aromatic heterocycles. The van der Waals surface area contributed by atoms with Crippen molar-refractivity contribution in [3.05, 3.63) is 78.4 Å². The molecule has 0 radical (unpaired) electrons. The average molecular weight is 616 g/mol. The Morgan fingerprint density at radius 1 is 0.810 bits per heavy atom. The normalized spacial score (nSPS) is 14.2. The highest BCUT2D eigenvalue weighted by atomic mass is 32.2. The topological polar surface area (TPSA) is 122 Å². The zero-order chi connectivity index (χ0) is 30.2. The van der Waals surface area contributed by atoms with E-state index in [1.165, 1.54) is 28.6 Å². The maximum absolute atomic E-state index is 13.6. The lowest BCUT2D eigenvalue weighted by Crippen LogP contribution is -2.41. The van der Waals surface area contributed by atoms with Gasteiger partial charge in [-0.25, -0.2) is 16.8 Å². The van der Waals surface area contributed by atoms with Crippen molar-refractivity contribution in [3.8, 4) is 11.5 Å². The number of piperidine rings is 1. The molecular weight excluding hydrogens is 578 g/mol. The summed E-state index contributed by atoms with van der Waals surface area (Å²) < 4.78 is 66.5. The third kappa shape index (κ3) is 7.81. The molecule has 1 aliphatic heterocycles. The smallest absolute Gasteiger partial charge is 0.264 e. The molecule has 3 aromatic rings. The molecule has 1 saturated heterocycles. The van der Waals surface area contributed by atoms with Crippen molar-refractivity contribution < 1.29 is 31.1 Å². The van der Waals surface area contributed by atoms with Crippen molar-refractivity contribution in [2.24, 2.45) is 0 Å². The monoisotopic (exact) mass is 615 g/mol. The maximum atomic E-state index is 13.6. The number of carbonyl (C=O) groups excluding carboxylic acids is 1. The Hall–Kier alpha value is -3.61. The van der Waals surface area contributed by atoms with Gasteiger partial charge < -0.3 is 14.8 Å². The van der Waals surface area contributed by atoms with Gasteiger partial charge in [0, 0.05) is 13.1 Å². The van der Waals surface area contributed by atoms with Gasteiger partial charge in [0.05, 0.1) is 28.6 Å². The summed E-state index contributed by atoms with van der Waals surface area (Å²) in [5.74, 6) is 0.507. The number of rotatable bonds is 13. The fourth-order valence-electron chi connectivity index (χ4n) is 4.54. The van der Waals surface area contributed by atoms with Crippen molar-refractivity contribution in [1.82, 2.24) is 9.62 Å². The second-order valence-corrected chi connectivity index (χ2v) is 13.7. The zero-order valence-corrected chi connectivity index (χ0v) is 25.5. The minimum Gasteiger partial charge on any atom is -0.494 e. The molecule has 1 aliphatic rings. The van der Waals surface area contributed by atoms with Gasteiger partial charge in [-0.15, -0.1) is 0 Å². The largest absolute Gasteiger partial charge is 0.494 e. The second-order valence-electron chi connectivity index (χ2n) is 9.89. The maximum Gasteiger partial charge on any atom is 0.264 e. The molecule has 0 spiro atoms. The summed E-state index contributed by atoms with van der Waals surface area (Å²) >= 11 is 0. The van der Waals surface area contributed by atoms with Gasteiger partial charge in [-0.3, -0.25) is 9.10 Å². The number of sulfonamides is 2. The van der Waals surface area contributed by atoms with Crippen molar-refractivity contribution >= 4 is 31.6 Å². The van der Waals surface area contributed by atoms with E-state index in [0.717, 1.165) is 29.1 Å². The highest BCUT2D eigenvalue weighted by Crippen LogP contribution is 2.26. The number of aryl methyl sites for hydroxylation is 1. The molecule has 226 valence electrons. The van der Waals surface area contributed by atoms with E-state index in [2.05, 4.69) is 5.32 Å². The Kier molecular flexibility index (Phi) is 10.5. The first kappa shape index (κ1) is 31.3. The van der Waals surface area contributed by atoms with Crippen LogP contribution in [0.1, 0.15) is 31.7 Å². The summed E-state index contributed by atoms with van der Waals surface area (Å²) in [6.45, 7) is 5.05. The predicted octanol–water partition coefficient (Wildman–Crippen LogP) is 3.96. The third-order valence-corrected chi connectivity index (χ3v) is 10.5. The van der Waals surface area contributed by atoms with Crippen molar-refractivity contribution in [3.63, 3.8) is 0 Å². The lowest BCUT2D eigenvalue weighted by molar-refractivity contribution is -0.119. The van der Waals surface area contributed by atoms with Crippen molar-refractivity contribution in [1.29, 1.82) is 0 Å². The Morgan fingerprint density at radius 3 is 1.98 bits per heavy atom. The second kappa shape index (κ2) is 14.0.